The molecule has 2 aromatic heterocycles. The molecule has 1 amide bonds. The fourth-order valence-electron chi connectivity index (χ4n) is 2.18. The molecule has 0 bridgehead atoms. The molecule has 0 saturated heterocycles. The van der Waals surface area contributed by atoms with Crippen LogP contribution < -0.4 is 5.73 Å². The lowest BCUT2D eigenvalue weighted by Gasteiger charge is -2.21. The number of hydrogen-bond acceptors (Lipinski definition) is 4. The highest BCUT2D eigenvalue weighted by atomic mass is 32.1. The highest BCUT2D eigenvalue weighted by Gasteiger charge is 2.35. The van der Waals surface area contributed by atoms with Gasteiger partial charge in [0.15, 0.2) is 5.82 Å². The van der Waals surface area contributed by atoms with Gasteiger partial charge in [-0.15, -0.1) is 11.3 Å². The molecule has 0 spiro atoms. The summed E-state index contributed by atoms with van der Waals surface area (Å²) in [5.74, 6) is 0.277. The number of H-pyrrole nitrogens is 1. The standard InChI is InChI=1S/C13H16N4OS/c1-8-11(12(14)16-15-8)13(18)17(9-4-5-9)7-10-3-2-6-19-10/h2-3,6,9H,4-5,7H2,1H3,(H3,14,15,16). The minimum absolute atomic E-state index is 0.0142. The maximum Gasteiger partial charge on any atom is 0.260 e. The molecular weight excluding hydrogens is 260 g/mol. The normalized spacial score (nSPS) is 14.6. The van der Waals surface area contributed by atoms with E-state index in [0.717, 1.165) is 18.5 Å². The second-order valence-corrected chi connectivity index (χ2v) is 5.88. The highest BCUT2D eigenvalue weighted by molar-refractivity contribution is 7.09. The summed E-state index contributed by atoms with van der Waals surface area (Å²) in [7, 11) is 0. The molecule has 6 heteroatoms. The number of hydrogen-bond donors (Lipinski definition) is 2. The highest BCUT2D eigenvalue weighted by Crippen LogP contribution is 2.31. The Bertz CT molecular complexity index is 566. The van der Waals surface area contributed by atoms with Crippen molar-refractivity contribution in [3.05, 3.63) is 33.6 Å². The second-order valence-electron chi connectivity index (χ2n) is 4.85. The summed E-state index contributed by atoms with van der Waals surface area (Å²) in [4.78, 5) is 15.8. The average Bonchev–Trinajstić information content (AvgIpc) is 2.99. The number of rotatable bonds is 4. The van der Waals surface area contributed by atoms with Crippen LogP contribution in [0.4, 0.5) is 5.82 Å². The van der Waals surface area contributed by atoms with Crippen molar-refractivity contribution in [3.63, 3.8) is 0 Å². The molecular formula is C13H16N4OS. The smallest absolute Gasteiger partial charge is 0.260 e. The van der Waals surface area contributed by atoms with Gasteiger partial charge in [-0.3, -0.25) is 9.89 Å². The summed E-state index contributed by atoms with van der Waals surface area (Å²) in [6.07, 6.45) is 2.15. The van der Waals surface area contributed by atoms with Gasteiger partial charge in [-0.2, -0.15) is 5.10 Å². The zero-order valence-electron chi connectivity index (χ0n) is 10.7. The van der Waals surface area contributed by atoms with Gasteiger partial charge in [0.05, 0.1) is 6.54 Å². The van der Waals surface area contributed by atoms with Gasteiger partial charge in [0.2, 0.25) is 0 Å². The first-order valence-corrected chi connectivity index (χ1v) is 7.18. The van der Waals surface area contributed by atoms with Crippen molar-refractivity contribution in [3.8, 4) is 0 Å². The third-order valence-corrected chi connectivity index (χ3v) is 4.21. The minimum atomic E-state index is -0.0142. The number of aryl methyl sites for hydroxylation is 1. The van der Waals surface area contributed by atoms with Crippen molar-refractivity contribution >= 4 is 23.1 Å². The fraction of sp³-hybridized carbons (Fsp3) is 0.385. The topological polar surface area (TPSA) is 75.0 Å². The summed E-state index contributed by atoms with van der Waals surface area (Å²) >= 11 is 1.67. The molecule has 1 aliphatic carbocycles. The van der Waals surface area contributed by atoms with E-state index in [2.05, 4.69) is 16.3 Å². The Hall–Kier alpha value is -1.82. The monoisotopic (exact) mass is 276 g/mol. The Balaban J connectivity index is 1.86. The van der Waals surface area contributed by atoms with Crippen LogP contribution in [0.2, 0.25) is 0 Å². The van der Waals surface area contributed by atoms with Crippen LogP contribution in [0.5, 0.6) is 0 Å². The van der Waals surface area contributed by atoms with E-state index < -0.39 is 0 Å². The van der Waals surface area contributed by atoms with Crippen molar-refractivity contribution < 1.29 is 4.79 Å². The van der Waals surface area contributed by atoms with E-state index >= 15 is 0 Å². The summed E-state index contributed by atoms with van der Waals surface area (Å²) in [6, 6.07) is 4.41. The zero-order chi connectivity index (χ0) is 13.4. The Kier molecular flexibility index (Phi) is 3.02. The Morgan fingerprint density at radius 2 is 2.42 bits per heavy atom. The number of aromatic amines is 1. The molecule has 3 rings (SSSR count). The molecule has 1 aliphatic rings. The van der Waals surface area contributed by atoms with E-state index in [4.69, 9.17) is 5.73 Å². The van der Waals surface area contributed by atoms with Crippen LogP contribution in [0.1, 0.15) is 33.8 Å². The van der Waals surface area contributed by atoms with E-state index in [0.29, 0.717) is 24.0 Å². The van der Waals surface area contributed by atoms with Gasteiger partial charge < -0.3 is 10.6 Å². The lowest BCUT2D eigenvalue weighted by molar-refractivity contribution is 0.0732. The largest absolute Gasteiger partial charge is 0.382 e. The summed E-state index contributed by atoms with van der Waals surface area (Å²) in [5, 5.41) is 8.71. The van der Waals surface area contributed by atoms with E-state index in [9.17, 15) is 4.79 Å². The van der Waals surface area contributed by atoms with E-state index in [1.165, 1.54) is 4.88 Å². The SMILES string of the molecule is Cc1[nH]nc(N)c1C(=O)N(Cc1cccs1)C1CC1. The van der Waals surface area contributed by atoms with E-state index in [1.54, 1.807) is 11.3 Å². The van der Waals surface area contributed by atoms with Crippen LogP contribution in [-0.2, 0) is 6.54 Å². The second kappa shape index (κ2) is 4.70. The molecule has 100 valence electrons. The first-order chi connectivity index (χ1) is 9.16. The quantitative estimate of drug-likeness (QED) is 0.898. The number of anilines is 1. The third-order valence-electron chi connectivity index (χ3n) is 3.34. The number of aromatic nitrogens is 2. The van der Waals surface area contributed by atoms with Crippen LogP contribution in [0.3, 0.4) is 0 Å². The molecule has 3 N–H and O–H groups in total. The predicted octanol–water partition coefficient (Wildman–Crippen LogP) is 2.17. The van der Waals surface area contributed by atoms with E-state index in [1.807, 2.05) is 23.3 Å². The molecule has 2 heterocycles. The van der Waals surface area contributed by atoms with Crippen molar-refractivity contribution in [2.75, 3.05) is 5.73 Å². The number of carbonyl (C=O) groups is 1. The van der Waals surface area contributed by atoms with Gasteiger partial charge in [-0.1, -0.05) is 6.07 Å². The van der Waals surface area contributed by atoms with Crippen LogP contribution in [0.25, 0.3) is 0 Å². The van der Waals surface area contributed by atoms with Gasteiger partial charge in [0.1, 0.15) is 5.56 Å². The lowest BCUT2D eigenvalue weighted by Crippen LogP contribution is -2.33. The van der Waals surface area contributed by atoms with Gasteiger partial charge in [-0.25, -0.2) is 0 Å². The van der Waals surface area contributed by atoms with Crippen molar-refractivity contribution in [2.45, 2.75) is 32.4 Å². The molecule has 2 aromatic rings. The van der Waals surface area contributed by atoms with Crippen molar-refractivity contribution in [1.82, 2.24) is 15.1 Å². The average molecular weight is 276 g/mol. The minimum Gasteiger partial charge on any atom is -0.382 e. The van der Waals surface area contributed by atoms with Crippen LogP contribution in [-0.4, -0.2) is 27.0 Å². The molecule has 19 heavy (non-hydrogen) atoms. The van der Waals surface area contributed by atoms with E-state index in [-0.39, 0.29) is 5.91 Å². The molecule has 0 aromatic carbocycles. The van der Waals surface area contributed by atoms with Gasteiger partial charge in [0.25, 0.3) is 5.91 Å². The Morgan fingerprint density at radius 3 is 2.95 bits per heavy atom. The molecule has 1 saturated carbocycles. The number of thiophene rings is 1. The maximum absolute atomic E-state index is 12.6. The first kappa shape index (κ1) is 12.2. The molecule has 5 nitrogen and oxygen atoms in total. The number of carbonyl (C=O) groups excluding carboxylic acids is 1. The molecule has 0 radical (unpaired) electrons. The van der Waals surface area contributed by atoms with Gasteiger partial charge in [0, 0.05) is 16.6 Å². The third kappa shape index (κ3) is 2.35. The predicted molar refractivity (Wildman–Crippen MR) is 75.0 cm³/mol. The van der Waals surface area contributed by atoms with Crippen LogP contribution in [0.15, 0.2) is 17.5 Å². The summed E-state index contributed by atoms with van der Waals surface area (Å²) in [6.45, 7) is 2.48. The molecule has 0 unspecified atom stereocenters. The molecule has 1 fully saturated rings. The first-order valence-electron chi connectivity index (χ1n) is 6.30. The zero-order valence-corrected chi connectivity index (χ0v) is 11.5. The number of amides is 1. The number of nitrogens with one attached hydrogen (secondary N) is 1. The Morgan fingerprint density at radius 1 is 1.63 bits per heavy atom. The van der Waals surface area contributed by atoms with Crippen LogP contribution >= 0.6 is 11.3 Å². The van der Waals surface area contributed by atoms with Crippen molar-refractivity contribution in [1.29, 1.82) is 0 Å². The van der Waals surface area contributed by atoms with Gasteiger partial charge >= 0.3 is 0 Å². The summed E-state index contributed by atoms with van der Waals surface area (Å²) in [5.41, 5.74) is 7.04. The number of nitrogens with zero attached hydrogens (tertiary/aromatic N) is 2. The van der Waals surface area contributed by atoms with Crippen LogP contribution in [0, 0.1) is 6.92 Å². The lowest BCUT2D eigenvalue weighted by atomic mass is 10.2. The summed E-state index contributed by atoms with van der Waals surface area (Å²) < 4.78 is 0. The van der Waals surface area contributed by atoms with Gasteiger partial charge in [-0.05, 0) is 31.2 Å². The number of nitrogens with two attached hydrogens (primary N) is 1. The fourth-order valence-corrected chi connectivity index (χ4v) is 2.89. The van der Waals surface area contributed by atoms with Crippen molar-refractivity contribution in [2.24, 2.45) is 0 Å². The molecule has 0 aliphatic heterocycles. The Labute approximate surface area is 115 Å². The maximum atomic E-state index is 12.6. The molecule has 0 atom stereocenters. The number of nitrogen functional groups attached to an aromatic ring is 1.